The van der Waals surface area contributed by atoms with Crippen molar-refractivity contribution in [2.75, 3.05) is 6.54 Å². The number of amides is 2. The van der Waals surface area contributed by atoms with Crippen LogP contribution in [0.2, 0.25) is 0 Å². The topological polar surface area (TPSA) is 49.4 Å². The highest BCUT2D eigenvalue weighted by Crippen LogP contribution is 2.36. The van der Waals surface area contributed by atoms with Gasteiger partial charge in [-0.25, -0.2) is 0 Å². The minimum atomic E-state index is -0.271. The van der Waals surface area contributed by atoms with Gasteiger partial charge >= 0.3 is 0 Å². The van der Waals surface area contributed by atoms with Crippen molar-refractivity contribution in [2.45, 2.75) is 57.5 Å². The Balaban J connectivity index is 2.01. The summed E-state index contributed by atoms with van der Waals surface area (Å²) in [5, 5.41) is 3.41. The highest BCUT2D eigenvalue weighted by Gasteiger charge is 2.44. The lowest BCUT2D eigenvalue weighted by atomic mass is 9.74. The minimum Gasteiger partial charge on any atom is -0.300 e. The molecule has 90 valence electrons. The van der Waals surface area contributed by atoms with Crippen LogP contribution in [0.15, 0.2) is 0 Å². The van der Waals surface area contributed by atoms with E-state index in [0.717, 1.165) is 19.3 Å². The van der Waals surface area contributed by atoms with Gasteiger partial charge in [-0.15, -0.1) is 0 Å². The average Bonchev–Trinajstić information content (AvgIpc) is 2.47. The Hall–Kier alpha value is -0.900. The molecule has 1 saturated heterocycles. The van der Waals surface area contributed by atoms with Crippen LogP contribution in [0.3, 0.4) is 0 Å². The summed E-state index contributed by atoms with van der Waals surface area (Å²) in [5.41, 5.74) is 0.129. The lowest BCUT2D eigenvalue weighted by molar-refractivity contribution is -0.138. The standard InChI is InChI=1S/C12H20N2O2/c1-3-12(6-5-7-12)13-9-8-10(15)14(4-2)11(9)16/h9,13H,3-8H2,1-2H3. The number of nitrogens with zero attached hydrogens (tertiary/aromatic N) is 1. The van der Waals surface area contributed by atoms with Crippen molar-refractivity contribution in [2.24, 2.45) is 0 Å². The molecule has 0 spiro atoms. The number of carbonyl (C=O) groups excluding carboxylic acids is 2. The molecule has 2 aliphatic rings. The number of hydrogen-bond donors (Lipinski definition) is 1. The molecule has 0 aromatic carbocycles. The Bertz CT molecular complexity index is 305. The number of nitrogens with one attached hydrogen (secondary N) is 1. The summed E-state index contributed by atoms with van der Waals surface area (Å²) in [4.78, 5) is 24.9. The first kappa shape index (κ1) is 11.6. The largest absolute Gasteiger partial charge is 0.300 e. The number of carbonyl (C=O) groups is 2. The second-order valence-electron chi connectivity index (χ2n) is 4.86. The second-order valence-corrected chi connectivity index (χ2v) is 4.86. The molecule has 2 rings (SSSR count). The van der Waals surface area contributed by atoms with Gasteiger partial charge in [0, 0.05) is 12.1 Å². The van der Waals surface area contributed by atoms with Gasteiger partial charge in [0.2, 0.25) is 11.8 Å². The molecule has 1 atom stereocenters. The van der Waals surface area contributed by atoms with Gasteiger partial charge in [0.1, 0.15) is 0 Å². The van der Waals surface area contributed by atoms with E-state index in [1.54, 1.807) is 0 Å². The van der Waals surface area contributed by atoms with Gasteiger partial charge in [0.05, 0.1) is 12.5 Å². The van der Waals surface area contributed by atoms with Gasteiger partial charge in [-0.2, -0.15) is 0 Å². The first-order chi connectivity index (χ1) is 7.62. The molecule has 1 aliphatic carbocycles. The maximum absolute atomic E-state index is 11.9. The SMILES string of the molecule is CCN1C(=O)CC(NC2(CC)CCC2)C1=O. The van der Waals surface area contributed by atoms with Crippen molar-refractivity contribution < 1.29 is 9.59 Å². The third-order valence-electron chi connectivity index (χ3n) is 4.03. The molecule has 1 heterocycles. The maximum atomic E-state index is 11.9. The van der Waals surface area contributed by atoms with Gasteiger partial charge in [-0.3, -0.25) is 19.8 Å². The van der Waals surface area contributed by atoms with Gasteiger partial charge in [-0.1, -0.05) is 6.92 Å². The van der Waals surface area contributed by atoms with Crippen LogP contribution >= 0.6 is 0 Å². The lowest BCUT2D eigenvalue weighted by Gasteiger charge is -2.43. The van der Waals surface area contributed by atoms with E-state index in [1.807, 2.05) is 6.92 Å². The van der Waals surface area contributed by atoms with Crippen molar-refractivity contribution in [1.29, 1.82) is 0 Å². The summed E-state index contributed by atoms with van der Waals surface area (Å²) in [6, 6.07) is -0.271. The molecule has 1 N–H and O–H groups in total. The van der Waals surface area contributed by atoms with Crippen molar-refractivity contribution in [3.8, 4) is 0 Å². The second kappa shape index (κ2) is 4.17. The Morgan fingerprint density at radius 2 is 2.06 bits per heavy atom. The van der Waals surface area contributed by atoms with Crippen LogP contribution in [-0.4, -0.2) is 34.8 Å². The van der Waals surface area contributed by atoms with Crippen LogP contribution in [0.1, 0.15) is 46.0 Å². The number of imide groups is 1. The first-order valence-corrected chi connectivity index (χ1v) is 6.24. The van der Waals surface area contributed by atoms with Crippen molar-refractivity contribution in [1.82, 2.24) is 10.2 Å². The first-order valence-electron chi connectivity index (χ1n) is 6.24. The van der Waals surface area contributed by atoms with Gasteiger partial charge in [-0.05, 0) is 32.6 Å². The van der Waals surface area contributed by atoms with E-state index < -0.39 is 0 Å². The Labute approximate surface area is 96.4 Å². The molecule has 0 bridgehead atoms. The van der Waals surface area contributed by atoms with E-state index in [9.17, 15) is 9.59 Å². The van der Waals surface area contributed by atoms with Crippen LogP contribution in [0.25, 0.3) is 0 Å². The molecule has 1 aliphatic heterocycles. The molecule has 4 heteroatoms. The summed E-state index contributed by atoms with van der Waals surface area (Å²) in [6.07, 6.45) is 4.87. The van der Waals surface area contributed by atoms with Crippen LogP contribution in [-0.2, 0) is 9.59 Å². The fraction of sp³-hybridized carbons (Fsp3) is 0.833. The van der Waals surface area contributed by atoms with Gasteiger partial charge in [0.25, 0.3) is 0 Å². The number of rotatable bonds is 4. The summed E-state index contributed by atoms with van der Waals surface area (Å²) in [6.45, 7) is 4.48. The zero-order chi connectivity index (χ0) is 11.8. The van der Waals surface area contributed by atoms with E-state index >= 15 is 0 Å². The fourth-order valence-corrected chi connectivity index (χ4v) is 2.70. The fourth-order valence-electron chi connectivity index (χ4n) is 2.70. The van der Waals surface area contributed by atoms with E-state index in [-0.39, 0.29) is 23.4 Å². The van der Waals surface area contributed by atoms with Gasteiger partial charge in [0.15, 0.2) is 0 Å². The van der Waals surface area contributed by atoms with E-state index in [2.05, 4.69) is 12.2 Å². The number of hydrogen-bond acceptors (Lipinski definition) is 3. The van der Waals surface area contributed by atoms with Gasteiger partial charge < -0.3 is 0 Å². The summed E-state index contributed by atoms with van der Waals surface area (Å²) >= 11 is 0. The molecule has 1 unspecified atom stereocenters. The Kier molecular flexibility index (Phi) is 3.02. The molecule has 2 fully saturated rings. The Morgan fingerprint density at radius 3 is 2.44 bits per heavy atom. The highest BCUT2D eigenvalue weighted by atomic mass is 16.2. The number of likely N-dealkylation sites (tertiary alicyclic amines) is 1. The third kappa shape index (κ3) is 1.75. The monoisotopic (exact) mass is 224 g/mol. The minimum absolute atomic E-state index is 0.0319. The quantitative estimate of drug-likeness (QED) is 0.726. The molecule has 0 aromatic heterocycles. The Morgan fingerprint density at radius 1 is 1.38 bits per heavy atom. The molecule has 2 amide bonds. The molecule has 16 heavy (non-hydrogen) atoms. The van der Waals surface area contributed by atoms with Crippen LogP contribution in [0.4, 0.5) is 0 Å². The van der Waals surface area contributed by atoms with E-state index in [0.29, 0.717) is 13.0 Å². The molecular weight excluding hydrogens is 204 g/mol. The van der Waals surface area contributed by atoms with Crippen molar-refractivity contribution in [3.05, 3.63) is 0 Å². The van der Waals surface area contributed by atoms with Crippen LogP contribution in [0.5, 0.6) is 0 Å². The molecule has 0 radical (unpaired) electrons. The van der Waals surface area contributed by atoms with Crippen LogP contribution in [0, 0.1) is 0 Å². The smallest absolute Gasteiger partial charge is 0.246 e. The molecule has 0 aromatic rings. The van der Waals surface area contributed by atoms with E-state index in [4.69, 9.17) is 0 Å². The predicted octanol–water partition coefficient (Wildman–Crippen LogP) is 1.06. The third-order valence-corrected chi connectivity index (χ3v) is 4.03. The zero-order valence-electron chi connectivity index (χ0n) is 10.1. The highest BCUT2D eigenvalue weighted by molar-refractivity contribution is 6.05. The van der Waals surface area contributed by atoms with Crippen LogP contribution < -0.4 is 5.32 Å². The number of likely N-dealkylation sites (N-methyl/N-ethyl adjacent to an activating group) is 1. The summed E-state index contributed by atoms with van der Waals surface area (Å²) in [7, 11) is 0. The van der Waals surface area contributed by atoms with E-state index in [1.165, 1.54) is 11.3 Å². The zero-order valence-corrected chi connectivity index (χ0v) is 10.1. The normalized spacial score (nSPS) is 28.4. The lowest BCUT2D eigenvalue weighted by Crippen LogP contribution is -2.56. The molecule has 4 nitrogen and oxygen atoms in total. The molecular formula is C12H20N2O2. The molecule has 1 saturated carbocycles. The predicted molar refractivity (Wildman–Crippen MR) is 60.8 cm³/mol. The summed E-state index contributed by atoms with van der Waals surface area (Å²) in [5.74, 6) is -0.0669. The maximum Gasteiger partial charge on any atom is 0.246 e. The summed E-state index contributed by atoms with van der Waals surface area (Å²) < 4.78 is 0. The van der Waals surface area contributed by atoms with Crippen molar-refractivity contribution in [3.63, 3.8) is 0 Å². The van der Waals surface area contributed by atoms with Crippen molar-refractivity contribution >= 4 is 11.8 Å². The average molecular weight is 224 g/mol.